The Labute approximate surface area is 195 Å². The summed E-state index contributed by atoms with van der Waals surface area (Å²) in [4.78, 5) is 38.2. The van der Waals surface area contributed by atoms with E-state index in [-0.39, 0.29) is 6.61 Å². The molecule has 0 N–H and O–H groups in total. The molecule has 5 atom stereocenters. The largest absolute Gasteiger partial charge is 0.463 e. The first-order valence-electron chi connectivity index (χ1n) is 8.91. The van der Waals surface area contributed by atoms with Crippen LogP contribution in [0.15, 0.2) is 32.7 Å². The molecule has 1 heterocycles. The van der Waals surface area contributed by atoms with E-state index >= 15 is 0 Å². The Hall–Kier alpha value is -1.98. The molecule has 0 aromatic heterocycles. The first kappa shape index (κ1) is 25.3. The third-order valence-corrected chi connectivity index (χ3v) is 6.13. The molecular weight excluding hydrogens is 518 g/mol. The fourth-order valence-corrected chi connectivity index (χ4v) is 4.80. The fourth-order valence-electron chi connectivity index (χ4n) is 2.86. The lowest BCUT2D eigenvalue weighted by Gasteiger charge is -2.43. The number of benzene rings is 1. The van der Waals surface area contributed by atoms with Crippen molar-refractivity contribution in [3.8, 4) is 0 Å². The smallest absolute Gasteiger partial charge is 0.303 e. The molecule has 0 radical (unpaired) electrons. The summed E-state index contributed by atoms with van der Waals surface area (Å²) in [5, 5.41) is 4.13. The Morgan fingerprint density at radius 1 is 1.19 bits per heavy atom. The van der Waals surface area contributed by atoms with E-state index in [0.29, 0.717) is 9.92 Å². The lowest BCUT2D eigenvalue weighted by molar-refractivity contribution is -0.201. The van der Waals surface area contributed by atoms with Crippen LogP contribution >= 0.6 is 39.3 Å². The zero-order chi connectivity index (χ0) is 23.1. The highest BCUT2D eigenvalue weighted by atomic mass is 79.9. The van der Waals surface area contributed by atoms with Gasteiger partial charge in [0.2, 0.25) is 0 Å². The molecule has 1 fully saturated rings. The van der Waals surface area contributed by atoms with E-state index in [1.165, 1.54) is 20.8 Å². The maximum Gasteiger partial charge on any atom is 0.303 e. The summed E-state index contributed by atoms with van der Waals surface area (Å²) in [6, 6.07) is 4.01. The number of ether oxygens (including phenoxy) is 4. The van der Waals surface area contributed by atoms with Gasteiger partial charge in [-0.3, -0.25) is 14.4 Å². The summed E-state index contributed by atoms with van der Waals surface area (Å²) in [5.74, 6) is -1.91. The van der Waals surface area contributed by atoms with E-state index in [9.17, 15) is 14.4 Å². The molecule has 0 spiro atoms. The predicted molar refractivity (Wildman–Crippen MR) is 114 cm³/mol. The zero-order valence-corrected chi connectivity index (χ0v) is 19.8. The molecule has 31 heavy (non-hydrogen) atoms. The Morgan fingerprint density at radius 3 is 2.42 bits per heavy atom. The van der Waals surface area contributed by atoms with Crippen LogP contribution in [-0.2, 0) is 33.3 Å². The average Bonchev–Trinajstić information content (AvgIpc) is 2.67. The minimum absolute atomic E-state index is 0.277. The van der Waals surface area contributed by atoms with Crippen molar-refractivity contribution in [2.45, 2.75) is 55.5 Å². The molecule has 1 saturated heterocycles. The molecule has 1 aliphatic heterocycles. The number of thioether (sulfide) groups is 1. The van der Waals surface area contributed by atoms with E-state index in [1.807, 2.05) is 0 Å². The van der Waals surface area contributed by atoms with Crippen molar-refractivity contribution >= 4 is 57.2 Å². The number of carbonyl (C=O) groups is 3. The summed E-state index contributed by atoms with van der Waals surface area (Å²) in [7, 11) is 0. The molecule has 13 heteroatoms. The van der Waals surface area contributed by atoms with Gasteiger partial charge >= 0.3 is 17.9 Å². The van der Waals surface area contributed by atoms with Crippen molar-refractivity contribution in [2.75, 3.05) is 6.61 Å². The molecule has 0 saturated carbocycles. The van der Waals surface area contributed by atoms with E-state index in [2.05, 4.69) is 26.0 Å². The monoisotopic (exact) mass is 535 g/mol. The summed E-state index contributed by atoms with van der Waals surface area (Å²) < 4.78 is 22.5. The number of hydrogen-bond donors (Lipinski definition) is 0. The zero-order valence-electron chi connectivity index (χ0n) is 16.7. The number of carbonyl (C=O) groups excluding carboxylic acids is 3. The first-order valence-corrected chi connectivity index (χ1v) is 11.0. The van der Waals surface area contributed by atoms with Gasteiger partial charge in [0.1, 0.15) is 36.4 Å². The number of halogens is 2. The van der Waals surface area contributed by atoms with Gasteiger partial charge in [-0.15, -0.1) is 0 Å². The van der Waals surface area contributed by atoms with Gasteiger partial charge in [-0.2, -0.15) is 0 Å². The Kier molecular flexibility index (Phi) is 9.45. The molecule has 1 aromatic carbocycles. The van der Waals surface area contributed by atoms with Gasteiger partial charge in [0, 0.05) is 35.1 Å². The fraction of sp³-hybridized carbons (Fsp3) is 0.500. The number of rotatable bonds is 7. The molecule has 1 aliphatic rings. The summed E-state index contributed by atoms with van der Waals surface area (Å²) in [5.41, 5.74) is 8.18. The van der Waals surface area contributed by atoms with E-state index in [4.69, 9.17) is 36.1 Å². The van der Waals surface area contributed by atoms with Gasteiger partial charge in [-0.25, -0.2) is 0 Å². The number of azide groups is 1. The molecule has 2 rings (SSSR count). The Balaban J connectivity index is 2.47. The molecule has 168 valence electrons. The van der Waals surface area contributed by atoms with Crippen molar-refractivity contribution in [1.82, 2.24) is 0 Å². The van der Waals surface area contributed by atoms with Crippen LogP contribution in [0.4, 0.5) is 0 Å². The van der Waals surface area contributed by atoms with Crippen molar-refractivity contribution in [2.24, 2.45) is 5.11 Å². The third-order valence-electron chi connectivity index (χ3n) is 3.99. The van der Waals surface area contributed by atoms with Gasteiger partial charge in [-0.05, 0) is 23.7 Å². The van der Waals surface area contributed by atoms with Crippen LogP contribution in [0.2, 0.25) is 5.02 Å². The van der Waals surface area contributed by atoms with Gasteiger partial charge in [0.15, 0.2) is 0 Å². The molecule has 0 amide bonds. The van der Waals surface area contributed by atoms with Crippen molar-refractivity contribution in [3.05, 3.63) is 38.1 Å². The van der Waals surface area contributed by atoms with Crippen LogP contribution < -0.4 is 0 Å². The average molecular weight is 537 g/mol. The second-order valence-corrected chi connectivity index (χ2v) is 8.84. The lowest BCUT2D eigenvalue weighted by atomic mass is 9.97. The lowest BCUT2D eigenvalue weighted by Crippen LogP contribution is -2.59. The van der Waals surface area contributed by atoms with Crippen LogP contribution in [0, 0.1) is 0 Å². The summed E-state index contributed by atoms with van der Waals surface area (Å²) >= 11 is 10.8. The predicted octanol–water partition coefficient (Wildman–Crippen LogP) is 4.02. The molecule has 3 unspecified atom stereocenters. The topological polar surface area (TPSA) is 137 Å². The highest BCUT2D eigenvalue weighted by Gasteiger charge is 2.50. The van der Waals surface area contributed by atoms with Crippen molar-refractivity contribution in [1.29, 1.82) is 0 Å². The van der Waals surface area contributed by atoms with Crippen LogP contribution in [0.1, 0.15) is 20.8 Å². The highest BCUT2D eigenvalue weighted by molar-refractivity contribution is 9.10. The number of hydrogen-bond acceptors (Lipinski definition) is 9. The summed E-state index contributed by atoms with van der Waals surface area (Å²) in [6.07, 6.45) is -3.27. The SMILES string of the molecule is CC(=O)OCC1O[C@H](Sc2cc(Br)ccc2Cl)C(OC(C)=O)C(N=[N+]=[N-])[C@H]1OC(C)=O. The standard InChI is InChI=1S/C18H19BrClN3O7S/c1-8(24)27-7-13-16(28-9(2)25)15(22-23-21)17(29-10(3)26)18(30-13)31-14-6-11(19)4-5-12(14)20/h4-6,13,15-18H,7H2,1-3H3/t13?,15?,16-,17?,18+/m0/s1. The molecule has 0 bridgehead atoms. The first-order chi connectivity index (χ1) is 14.6. The minimum atomic E-state index is -1.16. The van der Waals surface area contributed by atoms with E-state index in [0.717, 1.165) is 16.2 Å². The van der Waals surface area contributed by atoms with Crippen LogP contribution in [0.3, 0.4) is 0 Å². The van der Waals surface area contributed by atoms with E-state index in [1.54, 1.807) is 18.2 Å². The minimum Gasteiger partial charge on any atom is -0.463 e. The Morgan fingerprint density at radius 2 is 1.84 bits per heavy atom. The molecule has 1 aromatic rings. The maximum absolute atomic E-state index is 11.8. The second-order valence-electron chi connectivity index (χ2n) is 6.38. The Bertz CT molecular complexity index is 899. The third kappa shape index (κ3) is 7.29. The van der Waals surface area contributed by atoms with E-state index < -0.39 is 47.7 Å². The number of nitrogens with zero attached hydrogens (tertiary/aromatic N) is 3. The number of esters is 3. The van der Waals surface area contributed by atoms with Crippen LogP contribution in [0.25, 0.3) is 10.4 Å². The second kappa shape index (κ2) is 11.6. The van der Waals surface area contributed by atoms with Crippen molar-refractivity contribution < 1.29 is 33.3 Å². The van der Waals surface area contributed by atoms with Gasteiger partial charge in [0.05, 0.1) is 5.02 Å². The van der Waals surface area contributed by atoms with Crippen molar-refractivity contribution in [3.63, 3.8) is 0 Å². The van der Waals surface area contributed by atoms with Gasteiger partial charge in [0.25, 0.3) is 0 Å². The molecule has 10 nitrogen and oxygen atoms in total. The summed E-state index contributed by atoms with van der Waals surface area (Å²) in [6.45, 7) is 3.29. The maximum atomic E-state index is 11.8. The molecule has 0 aliphatic carbocycles. The quantitative estimate of drug-likeness (QED) is 0.167. The normalized spacial score (nSPS) is 25.1. The van der Waals surface area contributed by atoms with Crippen LogP contribution in [0.5, 0.6) is 0 Å². The van der Waals surface area contributed by atoms with Gasteiger partial charge in [-0.1, -0.05) is 44.4 Å². The highest BCUT2D eigenvalue weighted by Crippen LogP contribution is 2.40. The molecular formula is C18H19BrClN3O7S. The van der Waals surface area contributed by atoms with Crippen LogP contribution in [-0.4, -0.2) is 54.3 Å². The van der Waals surface area contributed by atoms with Gasteiger partial charge < -0.3 is 18.9 Å².